The SMILES string of the molecule is Cc1ccc(-c2ncccn2)c(C(=O)NC2(COS(C)(=O)=O)CCC2C2CC2C)c1. The number of rotatable bonds is 7. The zero-order valence-corrected chi connectivity index (χ0v) is 18.3. The number of aromatic nitrogens is 2. The van der Waals surface area contributed by atoms with Gasteiger partial charge in [0.1, 0.15) is 0 Å². The Bertz CT molecular complexity index is 1060. The summed E-state index contributed by atoms with van der Waals surface area (Å²) in [5.41, 5.74) is 1.40. The average Bonchev–Trinajstić information content (AvgIpc) is 3.39. The molecular formula is C22H27N3O4S. The molecule has 2 saturated carbocycles. The topological polar surface area (TPSA) is 98.2 Å². The lowest BCUT2D eigenvalue weighted by Gasteiger charge is -2.50. The van der Waals surface area contributed by atoms with Gasteiger partial charge in [0.2, 0.25) is 0 Å². The molecule has 7 nitrogen and oxygen atoms in total. The number of amides is 1. The van der Waals surface area contributed by atoms with Crippen molar-refractivity contribution in [2.75, 3.05) is 12.9 Å². The first-order valence-corrected chi connectivity index (χ1v) is 12.1. The summed E-state index contributed by atoms with van der Waals surface area (Å²) in [4.78, 5) is 22.0. The quantitative estimate of drug-likeness (QED) is 0.680. The summed E-state index contributed by atoms with van der Waals surface area (Å²) in [6.45, 7) is 4.08. The lowest BCUT2D eigenvalue weighted by atomic mass is 9.64. The van der Waals surface area contributed by atoms with E-state index >= 15 is 0 Å². The highest BCUT2D eigenvalue weighted by Gasteiger charge is 2.57. The van der Waals surface area contributed by atoms with Crippen molar-refractivity contribution in [1.29, 1.82) is 0 Å². The van der Waals surface area contributed by atoms with E-state index in [2.05, 4.69) is 22.2 Å². The zero-order valence-electron chi connectivity index (χ0n) is 17.5. The van der Waals surface area contributed by atoms with Crippen molar-refractivity contribution in [2.24, 2.45) is 17.8 Å². The minimum atomic E-state index is -3.61. The molecule has 4 rings (SSSR count). The number of benzene rings is 1. The molecule has 2 fully saturated rings. The third kappa shape index (κ3) is 4.25. The molecule has 0 aliphatic heterocycles. The van der Waals surface area contributed by atoms with Gasteiger partial charge in [-0.15, -0.1) is 0 Å². The molecule has 1 aromatic heterocycles. The van der Waals surface area contributed by atoms with Crippen molar-refractivity contribution in [1.82, 2.24) is 15.3 Å². The van der Waals surface area contributed by atoms with Crippen molar-refractivity contribution in [2.45, 2.75) is 38.6 Å². The molecule has 1 heterocycles. The first kappa shape index (κ1) is 20.9. The maximum atomic E-state index is 13.4. The van der Waals surface area contributed by atoms with E-state index in [1.807, 2.05) is 25.1 Å². The predicted molar refractivity (Wildman–Crippen MR) is 113 cm³/mol. The summed E-state index contributed by atoms with van der Waals surface area (Å²) in [6.07, 6.45) is 7.09. The van der Waals surface area contributed by atoms with Gasteiger partial charge in [-0.2, -0.15) is 8.42 Å². The van der Waals surface area contributed by atoms with Gasteiger partial charge in [0, 0.05) is 18.0 Å². The van der Waals surface area contributed by atoms with Crippen LogP contribution >= 0.6 is 0 Å². The second kappa shape index (κ2) is 7.74. The van der Waals surface area contributed by atoms with Crippen LogP contribution in [0, 0.1) is 24.7 Å². The fourth-order valence-corrected chi connectivity index (χ4v) is 4.97. The Labute approximate surface area is 177 Å². The Kier molecular flexibility index (Phi) is 5.40. The summed E-state index contributed by atoms with van der Waals surface area (Å²) in [5, 5.41) is 3.16. The van der Waals surface area contributed by atoms with Gasteiger partial charge in [-0.25, -0.2) is 9.97 Å². The summed E-state index contributed by atoms with van der Waals surface area (Å²) in [5.74, 6) is 1.54. The van der Waals surface area contributed by atoms with E-state index in [0.29, 0.717) is 35.2 Å². The summed E-state index contributed by atoms with van der Waals surface area (Å²) >= 11 is 0. The second-order valence-electron chi connectivity index (χ2n) is 8.72. The van der Waals surface area contributed by atoms with Crippen LogP contribution in [-0.4, -0.2) is 42.7 Å². The molecule has 0 bridgehead atoms. The van der Waals surface area contributed by atoms with E-state index in [0.717, 1.165) is 24.7 Å². The van der Waals surface area contributed by atoms with Crippen LogP contribution in [0.1, 0.15) is 42.1 Å². The van der Waals surface area contributed by atoms with Crippen molar-refractivity contribution in [3.05, 3.63) is 47.8 Å². The normalized spacial score (nSPS) is 27.9. The Hall–Kier alpha value is -2.32. The largest absolute Gasteiger partial charge is 0.344 e. The molecule has 2 aliphatic rings. The average molecular weight is 430 g/mol. The van der Waals surface area contributed by atoms with E-state index < -0.39 is 15.7 Å². The lowest BCUT2D eigenvalue weighted by Crippen LogP contribution is -2.64. The number of nitrogens with zero attached hydrogens (tertiary/aromatic N) is 2. The van der Waals surface area contributed by atoms with Crippen molar-refractivity contribution in [3.63, 3.8) is 0 Å². The number of carbonyl (C=O) groups is 1. The summed E-state index contributed by atoms with van der Waals surface area (Å²) in [6, 6.07) is 7.31. The van der Waals surface area contributed by atoms with Crippen molar-refractivity contribution >= 4 is 16.0 Å². The highest BCUT2D eigenvalue weighted by molar-refractivity contribution is 7.85. The molecular weight excluding hydrogens is 402 g/mol. The number of carbonyl (C=O) groups excluding carboxylic acids is 1. The highest BCUT2D eigenvalue weighted by Crippen LogP contribution is 2.56. The first-order valence-electron chi connectivity index (χ1n) is 10.2. The minimum Gasteiger partial charge on any atom is -0.344 e. The van der Waals surface area contributed by atoms with E-state index in [1.165, 1.54) is 0 Å². The number of aryl methyl sites for hydroxylation is 1. The lowest BCUT2D eigenvalue weighted by molar-refractivity contribution is 0.0173. The number of hydrogen-bond acceptors (Lipinski definition) is 6. The molecule has 4 atom stereocenters. The predicted octanol–water partition coefficient (Wildman–Crippen LogP) is 2.96. The van der Waals surface area contributed by atoms with Gasteiger partial charge in [-0.05, 0) is 56.1 Å². The monoisotopic (exact) mass is 429 g/mol. The smallest absolute Gasteiger partial charge is 0.264 e. The molecule has 0 saturated heterocycles. The van der Waals surface area contributed by atoms with Gasteiger partial charge in [-0.3, -0.25) is 8.98 Å². The third-order valence-electron chi connectivity index (χ3n) is 6.42. The van der Waals surface area contributed by atoms with Gasteiger partial charge in [-0.1, -0.05) is 24.6 Å². The van der Waals surface area contributed by atoms with E-state index in [1.54, 1.807) is 18.5 Å². The molecule has 160 valence electrons. The maximum absolute atomic E-state index is 13.4. The van der Waals surface area contributed by atoms with Crippen molar-refractivity contribution < 1.29 is 17.4 Å². The van der Waals surface area contributed by atoms with Crippen LogP contribution in [0.25, 0.3) is 11.4 Å². The Morgan fingerprint density at radius 3 is 2.57 bits per heavy atom. The van der Waals surface area contributed by atoms with Gasteiger partial charge in [0.25, 0.3) is 16.0 Å². The van der Waals surface area contributed by atoms with Crippen LogP contribution < -0.4 is 5.32 Å². The van der Waals surface area contributed by atoms with Gasteiger partial charge in [0.05, 0.1) is 24.0 Å². The molecule has 0 radical (unpaired) electrons. The molecule has 2 aromatic rings. The van der Waals surface area contributed by atoms with E-state index in [9.17, 15) is 13.2 Å². The molecule has 1 aromatic carbocycles. The van der Waals surface area contributed by atoms with E-state index in [4.69, 9.17) is 4.18 Å². The maximum Gasteiger partial charge on any atom is 0.264 e. The second-order valence-corrected chi connectivity index (χ2v) is 10.4. The number of hydrogen-bond donors (Lipinski definition) is 1. The Morgan fingerprint density at radius 2 is 2.00 bits per heavy atom. The van der Waals surface area contributed by atoms with Crippen LogP contribution in [0.3, 0.4) is 0 Å². The molecule has 4 unspecified atom stereocenters. The van der Waals surface area contributed by atoms with Crippen LogP contribution in [0.5, 0.6) is 0 Å². The molecule has 0 spiro atoms. The molecule has 8 heteroatoms. The summed E-state index contributed by atoms with van der Waals surface area (Å²) < 4.78 is 28.5. The van der Waals surface area contributed by atoms with Crippen molar-refractivity contribution in [3.8, 4) is 11.4 Å². The third-order valence-corrected chi connectivity index (χ3v) is 6.97. The minimum absolute atomic E-state index is 0.0333. The Balaban J connectivity index is 1.64. The van der Waals surface area contributed by atoms with Gasteiger partial charge < -0.3 is 5.32 Å². The Morgan fingerprint density at radius 1 is 1.30 bits per heavy atom. The molecule has 30 heavy (non-hydrogen) atoms. The van der Waals surface area contributed by atoms with Gasteiger partial charge >= 0.3 is 0 Å². The fourth-order valence-electron chi connectivity index (χ4n) is 4.55. The molecule has 1 amide bonds. The van der Waals surface area contributed by atoms with Crippen LogP contribution in [0.15, 0.2) is 36.7 Å². The number of nitrogens with one attached hydrogen (secondary N) is 1. The van der Waals surface area contributed by atoms with Gasteiger partial charge in [0.15, 0.2) is 5.82 Å². The molecule has 2 aliphatic carbocycles. The van der Waals surface area contributed by atoms with E-state index in [-0.39, 0.29) is 18.4 Å². The first-order chi connectivity index (χ1) is 14.2. The standard InChI is InChI=1S/C22H27N3O4S/c1-14-5-6-16(20-23-9-4-10-24-20)18(11-14)21(26)25-22(13-29-30(3,27)28)8-7-19(22)17-12-15(17)2/h4-6,9-11,15,17,19H,7-8,12-13H2,1-3H3,(H,25,26). The molecule has 1 N–H and O–H groups in total. The fraction of sp³-hybridized carbons (Fsp3) is 0.500. The van der Waals surface area contributed by atoms with Crippen LogP contribution in [0.4, 0.5) is 0 Å². The highest BCUT2D eigenvalue weighted by atomic mass is 32.2. The summed E-state index contributed by atoms with van der Waals surface area (Å²) in [7, 11) is -3.61. The van der Waals surface area contributed by atoms with Crippen LogP contribution in [0.2, 0.25) is 0 Å². The van der Waals surface area contributed by atoms with Crippen LogP contribution in [-0.2, 0) is 14.3 Å². The zero-order chi connectivity index (χ0) is 21.5.